The van der Waals surface area contributed by atoms with Gasteiger partial charge >= 0.3 is 5.63 Å². The van der Waals surface area contributed by atoms with Gasteiger partial charge in [0.15, 0.2) is 0 Å². The molecule has 2 aromatic carbocycles. The van der Waals surface area contributed by atoms with E-state index < -0.39 is 6.10 Å². The van der Waals surface area contributed by atoms with E-state index in [-0.39, 0.29) is 11.4 Å². The largest absolute Gasteiger partial charge is 0.423 e. The molecule has 3 aromatic rings. The van der Waals surface area contributed by atoms with Gasteiger partial charge in [-0.3, -0.25) is 4.90 Å². The van der Waals surface area contributed by atoms with Gasteiger partial charge in [-0.05, 0) is 47.2 Å². The number of halogens is 1. The Morgan fingerprint density at radius 2 is 1.79 bits per heavy atom. The molecule has 0 aliphatic carbocycles. The lowest BCUT2D eigenvalue weighted by atomic mass is 10.0. The normalized spacial score (nSPS) is 12.8. The zero-order chi connectivity index (χ0) is 21.0. The Bertz CT molecular complexity index is 1010. The Kier molecular flexibility index (Phi) is 6.83. The van der Waals surface area contributed by atoms with Crippen molar-refractivity contribution in [2.75, 3.05) is 13.1 Å². The van der Waals surface area contributed by atoms with E-state index in [0.717, 1.165) is 29.5 Å². The van der Waals surface area contributed by atoms with Crippen LogP contribution >= 0.6 is 0 Å². The first kappa shape index (κ1) is 21.2. The minimum Gasteiger partial charge on any atom is -0.423 e. The zero-order valence-corrected chi connectivity index (χ0v) is 17.2. The lowest BCUT2D eigenvalue weighted by Crippen LogP contribution is -2.32. The molecule has 5 heteroatoms. The predicted molar refractivity (Wildman–Crippen MR) is 113 cm³/mol. The molecule has 0 aliphatic heterocycles. The minimum atomic E-state index is -0.743. The van der Waals surface area contributed by atoms with Crippen molar-refractivity contribution in [1.29, 1.82) is 0 Å². The fourth-order valence-corrected chi connectivity index (χ4v) is 3.62. The van der Waals surface area contributed by atoms with Gasteiger partial charge in [-0.15, -0.1) is 0 Å². The van der Waals surface area contributed by atoms with Gasteiger partial charge in [-0.2, -0.15) is 0 Å². The minimum absolute atomic E-state index is 0.325. The van der Waals surface area contributed by atoms with Crippen LogP contribution in [0, 0.1) is 11.7 Å². The van der Waals surface area contributed by atoms with Crippen molar-refractivity contribution in [1.82, 2.24) is 4.90 Å². The molecule has 1 unspecified atom stereocenters. The Labute approximate surface area is 170 Å². The third-order valence-electron chi connectivity index (χ3n) is 5.01. The molecule has 3 rings (SSSR count). The number of hydrogen-bond donors (Lipinski definition) is 1. The van der Waals surface area contributed by atoms with Crippen LogP contribution in [-0.4, -0.2) is 23.1 Å². The van der Waals surface area contributed by atoms with E-state index in [2.05, 4.69) is 25.7 Å². The van der Waals surface area contributed by atoms with E-state index in [9.17, 15) is 14.3 Å². The highest BCUT2D eigenvalue weighted by Crippen LogP contribution is 2.23. The topological polar surface area (TPSA) is 53.7 Å². The summed E-state index contributed by atoms with van der Waals surface area (Å²) in [6, 6.07) is 13.4. The lowest BCUT2D eigenvalue weighted by Gasteiger charge is -2.27. The molecule has 154 valence electrons. The number of benzene rings is 2. The van der Waals surface area contributed by atoms with E-state index >= 15 is 0 Å². The second kappa shape index (κ2) is 9.33. The summed E-state index contributed by atoms with van der Waals surface area (Å²) in [5.41, 5.74) is 2.89. The summed E-state index contributed by atoms with van der Waals surface area (Å²) in [5.74, 6) is 0.0578. The highest BCUT2D eigenvalue weighted by molar-refractivity contribution is 5.80. The average Bonchev–Trinajstić information content (AvgIpc) is 2.67. The predicted octanol–water partition coefficient (Wildman–Crippen LogP) is 4.69. The Balaban J connectivity index is 1.88. The van der Waals surface area contributed by atoms with Gasteiger partial charge in [-0.1, -0.05) is 45.0 Å². The molecule has 1 aromatic heterocycles. The molecule has 0 radical (unpaired) electrons. The summed E-state index contributed by atoms with van der Waals surface area (Å²) >= 11 is 0. The van der Waals surface area contributed by atoms with Crippen LogP contribution in [0.4, 0.5) is 4.39 Å². The van der Waals surface area contributed by atoms with Crippen LogP contribution in [0.1, 0.15) is 43.6 Å². The smallest absolute Gasteiger partial charge is 0.336 e. The Morgan fingerprint density at radius 3 is 2.45 bits per heavy atom. The number of aliphatic hydroxyl groups is 1. The third-order valence-corrected chi connectivity index (χ3v) is 5.01. The van der Waals surface area contributed by atoms with Crippen molar-refractivity contribution in [2.24, 2.45) is 5.92 Å². The van der Waals surface area contributed by atoms with Crippen LogP contribution < -0.4 is 5.63 Å². The Morgan fingerprint density at radius 1 is 1.07 bits per heavy atom. The number of fused-ring (bicyclic) bond motifs is 1. The summed E-state index contributed by atoms with van der Waals surface area (Å²) in [4.78, 5) is 14.2. The van der Waals surface area contributed by atoms with E-state index in [1.165, 1.54) is 18.2 Å². The molecule has 0 saturated carbocycles. The fraction of sp³-hybridized carbons (Fsp3) is 0.375. The number of nitrogens with zero attached hydrogens (tertiary/aromatic N) is 1. The van der Waals surface area contributed by atoms with Gasteiger partial charge in [-0.25, -0.2) is 9.18 Å². The van der Waals surface area contributed by atoms with E-state index in [4.69, 9.17) is 4.42 Å². The fourth-order valence-electron chi connectivity index (χ4n) is 3.62. The SMILES string of the molecule is CCc1ccc2c(CN(CC(C)C)CC(O)c3ccc(F)cc3)cc(=O)oc2c1. The molecule has 1 N–H and O–H groups in total. The number of hydrogen-bond acceptors (Lipinski definition) is 4. The second-order valence-corrected chi connectivity index (χ2v) is 7.93. The van der Waals surface area contributed by atoms with Crippen molar-refractivity contribution in [3.05, 3.63) is 81.5 Å². The van der Waals surface area contributed by atoms with Crippen molar-refractivity contribution < 1.29 is 13.9 Å². The van der Waals surface area contributed by atoms with Crippen LogP contribution in [0.5, 0.6) is 0 Å². The molecule has 1 heterocycles. The molecule has 29 heavy (non-hydrogen) atoms. The summed E-state index contributed by atoms with van der Waals surface area (Å²) in [5, 5.41) is 11.6. The molecule has 0 bridgehead atoms. The van der Waals surface area contributed by atoms with Gasteiger partial charge < -0.3 is 9.52 Å². The van der Waals surface area contributed by atoms with Gasteiger partial charge in [0.1, 0.15) is 11.4 Å². The lowest BCUT2D eigenvalue weighted by molar-refractivity contribution is 0.102. The molecule has 0 fully saturated rings. The molecular formula is C24H28FNO3. The average molecular weight is 397 g/mol. The van der Waals surface area contributed by atoms with Crippen LogP contribution in [0.25, 0.3) is 11.0 Å². The quantitative estimate of drug-likeness (QED) is 0.561. The number of rotatable bonds is 8. The van der Waals surface area contributed by atoms with Crippen LogP contribution in [0.2, 0.25) is 0 Å². The van der Waals surface area contributed by atoms with Crippen LogP contribution in [0.15, 0.2) is 57.7 Å². The van der Waals surface area contributed by atoms with E-state index in [0.29, 0.717) is 30.2 Å². The van der Waals surface area contributed by atoms with Crippen molar-refractivity contribution >= 4 is 11.0 Å². The molecule has 0 spiro atoms. The summed E-state index contributed by atoms with van der Waals surface area (Å²) in [7, 11) is 0. The summed E-state index contributed by atoms with van der Waals surface area (Å²) in [6.45, 7) is 7.95. The standard InChI is InChI=1S/C24H28FNO3/c1-4-17-5-10-21-19(12-24(28)29-23(21)11-17)14-26(13-16(2)3)15-22(27)18-6-8-20(25)9-7-18/h5-12,16,22,27H,4,13-15H2,1-3H3. The number of aryl methyl sites for hydroxylation is 1. The van der Waals surface area contributed by atoms with E-state index in [1.54, 1.807) is 12.1 Å². The van der Waals surface area contributed by atoms with Crippen molar-refractivity contribution in [3.8, 4) is 0 Å². The molecule has 1 atom stereocenters. The van der Waals surface area contributed by atoms with Crippen molar-refractivity contribution in [3.63, 3.8) is 0 Å². The van der Waals surface area contributed by atoms with Gasteiger partial charge in [0.05, 0.1) is 6.10 Å². The first-order valence-corrected chi connectivity index (χ1v) is 10.1. The highest BCUT2D eigenvalue weighted by Gasteiger charge is 2.17. The zero-order valence-electron chi connectivity index (χ0n) is 17.2. The monoisotopic (exact) mass is 397 g/mol. The molecule has 0 saturated heterocycles. The van der Waals surface area contributed by atoms with Gasteiger partial charge in [0, 0.05) is 31.1 Å². The van der Waals surface area contributed by atoms with Crippen molar-refractivity contribution in [2.45, 2.75) is 39.8 Å². The first-order valence-electron chi connectivity index (χ1n) is 10.1. The molecule has 4 nitrogen and oxygen atoms in total. The molecule has 0 amide bonds. The van der Waals surface area contributed by atoms with Gasteiger partial charge in [0.2, 0.25) is 0 Å². The summed E-state index contributed by atoms with van der Waals surface area (Å²) < 4.78 is 18.6. The Hall–Kier alpha value is -2.50. The van der Waals surface area contributed by atoms with Crippen LogP contribution in [-0.2, 0) is 13.0 Å². The summed E-state index contributed by atoms with van der Waals surface area (Å²) in [6.07, 6.45) is 0.125. The van der Waals surface area contributed by atoms with Gasteiger partial charge in [0.25, 0.3) is 0 Å². The first-order chi connectivity index (χ1) is 13.9. The molecule has 0 aliphatic rings. The second-order valence-electron chi connectivity index (χ2n) is 7.93. The highest BCUT2D eigenvalue weighted by atomic mass is 19.1. The van der Waals surface area contributed by atoms with Crippen LogP contribution in [0.3, 0.4) is 0 Å². The maximum Gasteiger partial charge on any atom is 0.336 e. The third kappa shape index (κ3) is 5.52. The maximum absolute atomic E-state index is 13.2. The molecular weight excluding hydrogens is 369 g/mol. The van der Waals surface area contributed by atoms with E-state index in [1.807, 2.05) is 18.2 Å². The number of aliphatic hydroxyl groups excluding tert-OH is 1. The maximum atomic E-state index is 13.2.